The summed E-state index contributed by atoms with van der Waals surface area (Å²) in [6, 6.07) is 0.294. The molecule has 0 bridgehead atoms. The molecular formula is C12H22N2O. The number of hydrogen-bond acceptors (Lipinski definition) is 2. The summed E-state index contributed by atoms with van der Waals surface area (Å²) in [5, 5.41) is 3.08. The summed E-state index contributed by atoms with van der Waals surface area (Å²) in [4.78, 5) is 11.7. The van der Waals surface area contributed by atoms with Crippen LogP contribution in [0.1, 0.15) is 39.5 Å². The lowest BCUT2D eigenvalue weighted by Gasteiger charge is -2.19. The third kappa shape index (κ3) is 3.34. The van der Waals surface area contributed by atoms with Crippen molar-refractivity contribution < 1.29 is 4.79 Å². The monoisotopic (exact) mass is 210 g/mol. The first-order chi connectivity index (χ1) is 7.19. The summed E-state index contributed by atoms with van der Waals surface area (Å²) >= 11 is 0. The molecule has 2 unspecified atom stereocenters. The van der Waals surface area contributed by atoms with Crippen LogP contribution in [-0.4, -0.2) is 18.5 Å². The zero-order valence-electron chi connectivity index (χ0n) is 9.75. The summed E-state index contributed by atoms with van der Waals surface area (Å²) in [7, 11) is 0. The molecule has 1 aliphatic rings. The highest BCUT2D eigenvalue weighted by atomic mass is 16.1. The van der Waals surface area contributed by atoms with Crippen LogP contribution >= 0.6 is 0 Å². The fraction of sp³-hybridized carbons (Fsp3) is 0.750. The predicted octanol–water partition coefficient (Wildman–Crippen LogP) is 1.59. The normalized spacial score (nSPS) is 26.7. The highest BCUT2D eigenvalue weighted by Crippen LogP contribution is 2.24. The smallest absolute Gasteiger partial charge is 0.246 e. The van der Waals surface area contributed by atoms with Crippen molar-refractivity contribution in [1.82, 2.24) is 5.32 Å². The Kier molecular flexibility index (Phi) is 4.82. The zero-order valence-corrected chi connectivity index (χ0v) is 9.75. The van der Waals surface area contributed by atoms with E-state index in [1.54, 1.807) is 0 Å². The molecule has 0 aromatic rings. The number of nitrogens with one attached hydrogen (secondary N) is 1. The van der Waals surface area contributed by atoms with E-state index in [2.05, 4.69) is 5.32 Å². The fourth-order valence-corrected chi connectivity index (χ4v) is 2.19. The van der Waals surface area contributed by atoms with Gasteiger partial charge in [0.25, 0.3) is 0 Å². The van der Waals surface area contributed by atoms with E-state index >= 15 is 0 Å². The van der Waals surface area contributed by atoms with Crippen LogP contribution in [0, 0.1) is 5.92 Å². The number of hydrogen-bond donors (Lipinski definition) is 2. The Morgan fingerprint density at radius 3 is 2.87 bits per heavy atom. The number of carbonyl (C=O) groups excluding carboxylic acids is 1. The largest absolute Gasteiger partial charge is 0.349 e. The Hall–Kier alpha value is -0.830. The van der Waals surface area contributed by atoms with Crippen molar-refractivity contribution in [2.24, 2.45) is 11.7 Å². The van der Waals surface area contributed by atoms with Gasteiger partial charge in [-0.25, -0.2) is 0 Å². The minimum absolute atomic E-state index is 0.0715. The van der Waals surface area contributed by atoms with Crippen LogP contribution in [0.15, 0.2) is 11.6 Å². The quantitative estimate of drug-likeness (QED) is 0.692. The molecule has 0 heterocycles. The minimum atomic E-state index is 0.0715. The molecule has 3 heteroatoms. The number of allylic oxidation sites excluding steroid dienone is 1. The first-order valence-electron chi connectivity index (χ1n) is 5.86. The Morgan fingerprint density at radius 2 is 2.27 bits per heavy atom. The lowest BCUT2D eigenvalue weighted by molar-refractivity contribution is -0.118. The first-order valence-corrected chi connectivity index (χ1v) is 5.86. The SMILES string of the molecule is CCC=C(C)C(=O)NC1CCCC1CN. The number of carbonyl (C=O) groups is 1. The van der Waals surface area contributed by atoms with Gasteiger partial charge in [-0.05, 0) is 38.6 Å². The average Bonchev–Trinajstić information content (AvgIpc) is 2.65. The number of amides is 1. The molecule has 1 fully saturated rings. The van der Waals surface area contributed by atoms with Crippen LogP contribution in [-0.2, 0) is 4.79 Å². The molecule has 1 saturated carbocycles. The zero-order chi connectivity index (χ0) is 11.3. The van der Waals surface area contributed by atoms with Crippen molar-refractivity contribution in [2.75, 3.05) is 6.54 Å². The van der Waals surface area contributed by atoms with Crippen LogP contribution in [0.4, 0.5) is 0 Å². The lowest BCUT2D eigenvalue weighted by Crippen LogP contribution is -2.40. The standard InChI is InChI=1S/C12H22N2O/c1-3-5-9(2)12(15)14-11-7-4-6-10(11)8-13/h5,10-11H,3-4,6-8,13H2,1-2H3,(H,14,15). The Balaban J connectivity index is 2.47. The molecule has 3 nitrogen and oxygen atoms in total. The number of rotatable bonds is 4. The van der Waals surface area contributed by atoms with E-state index in [-0.39, 0.29) is 5.91 Å². The Bertz CT molecular complexity index is 248. The van der Waals surface area contributed by atoms with E-state index < -0.39 is 0 Å². The van der Waals surface area contributed by atoms with E-state index in [9.17, 15) is 4.79 Å². The predicted molar refractivity (Wildman–Crippen MR) is 62.4 cm³/mol. The lowest BCUT2D eigenvalue weighted by atomic mass is 10.0. The van der Waals surface area contributed by atoms with E-state index in [1.807, 2.05) is 19.9 Å². The van der Waals surface area contributed by atoms with E-state index in [0.29, 0.717) is 18.5 Å². The molecule has 15 heavy (non-hydrogen) atoms. The van der Waals surface area contributed by atoms with Crippen molar-refractivity contribution in [1.29, 1.82) is 0 Å². The second kappa shape index (κ2) is 5.91. The van der Waals surface area contributed by atoms with Gasteiger partial charge in [0.05, 0.1) is 0 Å². The van der Waals surface area contributed by atoms with Gasteiger partial charge in [-0.1, -0.05) is 19.4 Å². The van der Waals surface area contributed by atoms with Crippen LogP contribution in [0.2, 0.25) is 0 Å². The van der Waals surface area contributed by atoms with Gasteiger partial charge in [0.1, 0.15) is 0 Å². The molecule has 1 rings (SSSR count). The van der Waals surface area contributed by atoms with Gasteiger partial charge in [-0.15, -0.1) is 0 Å². The maximum Gasteiger partial charge on any atom is 0.246 e. The summed E-state index contributed by atoms with van der Waals surface area (Å²) in [6.45, 7) is 4.59. The van der Waals surface area contributed by atoms with Gasteiger partial charge in [-0.2, -0.15) is 0 Å². The van der Waals surface area contributed by atoms with Gasteiger partial charge in [0.2, 0.25) is 5.91 Å². The van der Waals surface area contributed by atoms with Crippen LogP contribution in [0.25, 0.3) is 0 Å². The summed E-state index contributed by atoms with van der Waals surface area (Å²) < 4.78 is 0. The van der Waals surface area contributed by atoms with E-state index in [4.69, 9.17) is 5.73 Å². The maximum absolute atomic E-state index is 11.7. The Labute approximate surface area is 92.1 Å². The van der Waals surface area contributed by atoms with Gasteiger partial charge < -0.3 is 11.1 Å². The first kappa shape index (κ1) is 12.2. The average molecular weight is 210 g/mol. The van der Waals surface area contributed by atoms with Crippen LogP contribution in [0.5, 0.6) is 0 Å². The molecular weight excluding hydrogens is 188 g/mol. The van der Waals surface area contributed by atoms with Crippen molar-refractivity contribution >= 4 is 5.91 Å². The van der Waals surface area contributed by atoms with Gasteiger partial charge >= 0.3 is 0 Å². The molecule has 86 valence electrons. The molecule has 0 aromatic heterocycles. The van der Waals surface area contributed by atoms with E-state index in [0.717, 1.165) is 24.8 Å². The Morgan fingerprint density at radius 1 is 1.53 bits per heavy atom. The van der Waals surface area contributed by atoms with Crippen molar-refractivity contribution in [2.45, 2.75) is 45.6 Å². The molecule has 0 spiro atoms. The van der Waals surface area contributed by atoms with Crippen molar-refractivity contribution in [3.63, 3.8) is 0 Å². The molecule has 2 atom stereocenters. The molecule has 0 radical (unpaired) electrons. The van der Waals surface area contributed by atoms with Crippen molar-refractivity contribution in [3.8, 4) is 0 Å². The highest BCUT2D eigenvalue weighted by molar-refractivity contribution is 5.92. The maximum atomic E-state index is 11.7. The molecule has 0 aromatic carbocycles. The molecule has 0 aliphatic heterocycles. The molecule has 1 aliphatic carbocycles. The minimum Gasteiger partial charge on any atom is -0.349 e. The summed E-state index contributed by atoms with van der Waals surface area (Å²) in [5.41, 5.74) is 6.49. The van der Waals surface area contributed by atoms with E-state index in [1.165, 1.54) is 6.42 Å². The fourth-order valence-electron chi connectivity index (χ4n) is 2.19. The van der Waals surface area contributed by atoms with Gasteiger partial charge in [-0.3, -0.25) is 4.79 Å². The highest BCUT2D eigenvalue weighted by Gasteiger charge is 2.27. The summed E-state index contributed by atoms with van der Waals surface area (Å²) in [5.74, 6) is 0.547. The number of nitrogens with two attached hydrogens (primary N) is 1. The topological polar surface area (TPSA) is 55.1 Å². The second-order valence-electron chi connectivity index (χ2n) is 4.30. The third-order valence-corrected chi connectivity index (χ3v) is 3.15. The van der Waals surface area contributed by atoms with Crippen LogP contribution in [0.3, 0.4) is 0 Å². The second-order valence-corrected chi connectivity index (χ2v) is 4.30. The third-order valence-electron chi connectivity index (χ3n) is 3.15. The molecule has 1 amide bonds. The summed E-state index contributed by atoms with van der Waals surface area (Å²) in [6.07, 6.45) is 6.28. The van der Waals surface area contributed by atoms with Crippen LogP contribution < -0.4 is 11.1 Å². The van der Waals surface area contributed by atoms with Gasteiger partial charge in [0.15, 0.2) is 0 Å². The molecule has 3 N–H and O–H groups in total. The molecule has 0 saturated heterocycles. The van der Waals surface area contributed by atoms with Crippen molar-refractivity contribution in [3.05, 3.63) is 11.6 Å². The van der Waals surface area contributed by atoms with Gasteiger partial charge in [0, 0.05) is 11.6 Å².